The predicted molar refractivity (Wildman–Crippen MR) is 144 cm³/mol. The fraction of sp³-hybridized carbons (Fsp3) is 0.296. The third-order valence-electron chi connectivity index (χ3n) is 5.82. The molecule has 0 saturated carbocycles. The minimum absolute atomic E-state index is 0.0199. The summed E-state index contributed by atoms with van der Waals surface area (Å²) in [5.74, 6) is 2.73. The first-order valence-corrected chi connectivity index (χ1v) is 13.7. The lowest BCUT2D eigenvalue weighted by molar-refractivity contribution is 0.317. The van der Waals surface area contributed by atoms with Crippen molar-refractivity contribution in [2.24, 2.45) is 0 Å². The number of hydrogen-bond acceptors (Lipinski definition) is 8. The number of sulfonamides is 1. The van der Waals surface area contributed by atoms with Crippen molar-refractivity contribution in [3.63, 3.8) is 0 Å². The van der Waals surface area contributed by atoms with E-state index in [4.69, 9.17) is 14.2 Å². The SMILES string of the molecule is CCOc1ccc(S(=O)(=O)Nc2ccc(Oc3cc(-n4nc(C)c(C)c4C)nc(C)n3)cc2)c(OCC)c1. The molecule has 4 aromatic rings. The van der Waals surface area contributed by atoms with Crippen molar-refractivity contribution in [1.82, 2.24) is 19.7 Å². The summed E-state index contributed by atoms with van der Waals surface area (Å²) in [7, 11) is -3.92. The second kappa shape index (κ2) is 11.1. The maximum Gasteiger partial charge on any atom is 0.265 e. The Bertz CT molecular complexity index is 1550. The third kappa shape index (κ3) is 5.88. The van der Waals surface area contributed by atoms with Crippen LogP contribution in [0.3, 0.4) is 0 Å². The van der Waals surface area contributed by atoms with E-state index in [9.17, 15) is 8.42 Å². The maximum atomic E-state index is 13.1. The Morgan fingerprint density at radius 3 is 2.18 bits per heavy atom. The highest BCUT2D eigenvalue weighted by atomic mass is 32.2. The standard InChI is InChI=1S/C27H31N5O5S/c1-7-35-23-13-14-25(24(15-23)36-8-2)38(33,34)31-21-9-11-22(12-10-21)37-27-16-26(28-20(6)29-27)32-19(5)17(3)18(4)30-32/h9-16,31H,7-8H2,1-6H3. The summed E-state index contributed by atoms with van der Waals surface area (Å²) in [6.45, 7) is 12.2. The zero-order valence-corrected chi connectivity index (χ0v) is 23.1. The first-order valence-electron chi connectivity index (χ1n) is 12.2. The molecule has 0 spiro atoms. The topological polar surface area (TPSA) is 117 Å². The Morgan fingerprint density at radius 2 is 1.55 bits per heavy atom. The summed E-state index contributed by atoms with van der Waals surface area (Å²) in [5.41, 5.74) is 3.38. The first-order chi connectivity index (χ1) is 18.1. The van der Waals surface area contributed by atoms with Crippen LogP contribution in [0, 0.1) is 27.7 Å². The third-order valence-corrected chi connectivity index (χ3v) is 7.24. The highest BCUT2D eigenvalue weighted by molar-refractivity contribution is 7.92. The number of rotatable bonds is 10. The second-order valence-corrected chi connectivity index (χ2v) is 10.2. The monoisotopic (exact) mass is 537 g/mol. The van der Waals surface area contributed by atoms with Crippen LogP contribution in [0.2, 0.25) is 0 Å². The van der Waals surface area contributed by atoms with Gasteiger partial charge in [-0.25, -0.2) is 18.1 Å². The van der Waals surface area contributed by atoms with Crippen molar-refractivity contribution >= 4 is 15.7 Å². The zero-order chi connectivity index (χ0) is 27.4. The van der Waals surface area contributed by atoms with Crippen LogP contribution >= 0.6 is 0 Å². The highest BCUT2D eigenvalue weighted by Crippen LogP contribution is 2.31. The van der Waals surface area contributed by atoms with Crippen molar-refractivity contribution < 1.29 is 22.6 Å². The van der Waals surface area contributed by atoms with Gasteiger partial charge < -0.3 is 14.2 Å². The van der Waals surface area contributed by atoms with Gasteiger partial charge in [0, 0.05) is 23.5 Å². The van der Waals surface area contributed by atoms with Gasteiger partial charge in [-0.3, -0.25) is 4.72 Å². The van der Waals surface area contributed by atoms with Crippen molar-refractivity contribution in [2.45, 2.75) is 46.4 Å². The first kappa shape index (κ1) is 26.9. The van der Waals surface area contributed by atoms with E-state index in [2.05, 4.69) is 19.8 Å². The number of nitrogens with zero attached hydrogens (tertiary/aromatic N) is 4. The fourth-order valence-corrected chi connectivity index (χ4v) is 4.97. The Kier molecular flexibility index (Phi) is 7.86. The minimum Gasteiger partial charge on any atom is -0.494 e. The van der Waals surface area contributed by atoms with Gasteiger partial charge >= 0.3 is 0 Å². The molecule has 2 aromatic carbocycles. The molecule has 0 amide bonds. The Hall–Kier alpha value is -4.12. The van der Waals surface area contributed by atoms with E-state index in [-0.39, 0.29) is 10.6 Å². The Morgan fingerprint density at radius 1 is 0.868 bits per heavy atom. The summed E-state index contributed by atoms with van der Waals surface area (Å²) in [6, 6.07) is 12.9. The van der Waals surface area contributed by atoms with E-state index >= 15 is 0 Å². The number of aryl methyl sites for hydroxylation is 2. The van der Waals surface area contributed by atoms with E-state index in [1.807, 2.05) is 27.7 Å². The molecule has 0 aliphatic carbocycles. The van der Waals surface area contributed by atoms with Gasteiger partial charge in [-0.05, 0) is 83.5 Å². The van der Waals surface area contributed by atoms with Crippen molar-refractivity contribution in [1.29, 1.82) is 0 Å². The van der Waals surface area contributed by atoms with Crippen LogP contribution in [0.25, 0.3) is 5.82 Å². The summed E-state index contributed by atoms with van der Waals surface area (Å²) in [6.07, 6.45) is 0. The number of aromatic nitrogens is 4. The summed E-state index contributed by atoms with van der Waals surface area (Å²) in [5, 5.41) is 4.56. The average Bonchev–Trinajstić information content (AvgIpc) is 3.12. The van der Waals surface area contributed by atoms with Gasteiger partial charge in [0.2, 0.25) is 5.88 Å². The number of nitrogens with one attached hydrogen (secondary N) is 1. The van der Waals surface area contributed by atoms with Crippen molar-refractivity contribution in [3.05, 3.63) is 71.3 Å². The molecule has 0 radical (unpaired) electrons. The highest BCUT2D eigenvalue weighted by Gasteiger charge is 2.21. The molecule has 0 saturated heterocycles. The molecule has 1 N–H and O–H groups in total. The van der Waals surface area contributed by atoms with Crippen molar-refractivity contribution in [2.75, 3.05) is 17.9 Å². The smallest absolute Gasteiger partial charge is 0.265 e. The van der Waals surface area contributed by atoms with Crippen molar-refractivity contribution in [3.8, 4) is 28.9 Å². The summed E-state index contributed by atoms with van der Waals surface area (Å²) < 4.78 is 47.6. The van der Waals surface area contributed by atoms with Crippen LogP contribution in [0.15, 0.2) is 53.4 Å². The van der Waals surface area contributed by atoms with E-state index in [1.165, 1.54) is 6.07 Å². The molecule has 200 valence electrons. The van der Waals surface area contributed by atoms with Crippen LogP contribution in [0.5, 0.6) is 23.1 Å². The molecule has 2 heterocycles. The fourth-order valence-electron chi connectivity index (χ4n) is 3.79. The van der Waals surface area contributed by atoms with Crippen LogP contribution in [0.1, 0.15) is 36.6 Å². The van der Waals surface area contributed by atoms with Gasteiger partial charge in [0.15, 0.2) is 5.82 Å². The molecule has 0 bridgehead atoms. The molecule has 11 heteroatoms. The zero-order valence-electron chi connectivity index (χ0n) is 22.3. The lowest BCUT2D eigenvalue weighted by Crippen LogP contribution is -2.14. The Labute approximate surface area is 222 Å². The quantitative estimate of drug-likeness (QED) is 0.290. The average molecular weight is 538 g/mol. The van der Waals surface area contributed by atoms with Gasteiger partial charge in [-0.1, -0.05) is 0 Å². The normalized spacial score (nSPS) is 11.3. The molecule has 38 heavy (non-hydrogen) atoms. The predicted octanol–water partition coefficient (Wildman–Crippen LogP) is 5.29. The molecule has 2 aromatic heterocycles. The second-order valence-electron chi connectivity index (χ2n) is 8.53. The van der Waals surface area contributed by atoms with Gasteiger partial charge in [0.1, 0.15) is 28.0 Å². The maximum absolute atomic E-state index is 13.1. The number of anilines is 1. The molecule has 0 aliphatic heterocycles. The number of ether oxygens (including phenoxy) is 3. The molecular formula is C27H31N5O5S. The van der Waals surface area contributed by atoms with Gasteiger partial charge in [0.25, 0.3) is 10.0 Å². The number of hydrogen-bond donors (Lipinski definition) is 1. The lowest BCUT2D eigenvalue weighted by Gasteiger charge is -2.14. The van der Waals surface area contributed by atoms with Gasteiger partial charge in [-0.2, -0.15) is 10.1 Å². The van der Waals surface area contributed by atoms with Crippen LogP contribution in [0.4, 0.5) is 5.69 Å². The largest absolute Gasteiger partial charge is 0.494 e. The van der Waals surface area contributed by atoms with E-state index in [1.54, 1.807) is 61.0 Å². The number of benzene rings is 2. The van der Waals surface area contributed by atoms with E-state index in [0.29, 0.717) is 47.9 Å². The van der Waals surface area contributed by atoms with Gasteiger partial charge in [0.05, 0.1) is 18.9 Å². The lowest BCUT2D eigenvalue weighted by atomic mass is 10.2. The van der Waals surface area contributed by atoms with Gasteiger partial charge in [-0.15, -0.1) is 0 Å². The minimum atomic E-state index is -3.92. The molecule has 0 unspecified atom stereocenters. The Balaban J connectivity index is 1.53. The molecule has 0 atom stereocenters. The van der Waals surface area contributed by atoms with Crippen LogP contribution < -0.4 is 18.9 Å². The van der Waals surface area contributed by atoms with Crippen LogP contribution in [-0.4, -0.2) is 41.4 Å². The molecule has 4 rings (SSSR count). The van der Waals surface area contributed by atoms with E-state index in [0.717, 1.165) is 17.0 Å². The molecule has 10 nitrogen and oxygen atoms in total. The van der Waals surface area contributed by atoms with E-state index < -0.39 is 10.0 Å². The molecular weight excluding hydrogens is 506 g/mol. The summed E-state index contributed by atoms with van der Waals surface area (Å²) >= 11 is 0. The molecule has 0 fully saturated rings. The molecule has 0 aliphatic rings. The summed E-state index contributed by atoms with van der Waals surface area (Å²) in [4.78, 5) is 8.89. The van der Waals surface area contributed by atoms with Crippen LogP contribution in [-0.2, 0) is 10.0 Å².